The van der Waals surface area contributed by atoms with Crippen molar-refractivity contribution in [3.8, 4) is 0 Å². The first-order valence-corrected chi connectivity index (χ1v) is 11.2. The summed E-state index contributed by atoms with van der Waals surface area (Å²) in [7, 11) is -3.43. The minimum atomic E-state index is -4.57. The topological polar surface area (TPSA) is 137 Å². The van der Waals surface area contributed by atoms with Crippen molar-refractivity contribution in [1.29, 1.82) is 0 Å². The first-order valence-electron chi connectivity index (χ1n) is 9.55. The fourth-order valence-electron chi connectivity index (χ4n) is 2.80. The van der Waals surface area contributed by atoms with Crippen molar-refractivity contribution in [2.45, 2.75) is 32.3 Å². The molecule has 0 aliphatic carbocycles. The lowest BCUT2D eigenvalue weighted by Crippen LogP contribution is -2.39. The summed E-state index contributed by atoms with van der Waals surface area (Å²) in [5.41, 5.74) is 7.09. The van der Waals surface area contributed by atoms with Crippen LogP contribution in [0.2, 0.25) is 0 Å². The number of anilines is 1. The Kier molecular flexibility index (Phi) is 8.62. The summed E-state index contributed by atoms with van der Waals surface area (Å²) < 4.78 is 28.3. The first-order chi connectivity index (χ1) is 14.6. The summed E-state index contributed by atoms with van der Waals surface area (Å²) in [5.74, 6) is -2.72. The Morgan fingerprint density at radius 2 is 1.81 bits per heavy atom. The lowest BCUT2D eigenvalue weighted by Gasteiger charge is -2.28. The third-order valence-electron chi connectivity index (χ3n) is 4.35. The summed E-state index contributed by atoms with van der Waals surface area (Å²) in [5, 5.41) is 2.38. The normalized spacial score (nSPS) is 14.9. The van der Waals surface area contributed by atoms with Gasteiger partial charge in [0.05, 0.1) is 7.11 Å². The Morgan fingerprint density at radius 1 is 1.13 bits per heavy atom. The van der Waals surface area contributed by atoms with Crippen molar-refractivity contribution < 1.29 is 33.0 Å². The smallest absolute Gasteiger partial charge is 0.408 e. The molecule has 0 fully saturated rings. The van der Waals surface area contributed by atoms with E-state index in [9.17, 15) is 19.0 Å². The number of ether oxygens (including phenoxy) is 2. The number of alkyl carbamates (subject to hydrolysis) is 1. The van der Waals surface area contributed by atoms with Gasteiger partial charge >= 0.3 is 19.7 Å². The number of nitrogens with one attached hydrogen (secondary N) is 1. The van der Waals surface area contributed by atoms with Crippen LogP contribution in [-0.4, -0.2) is 29.8 Å². The molecule has 0 aliphatic heterocycles. The molecule has 10 heteroatoms. The third-order valence-corrected chi connectivity index (χ3v) is 6.29. The Bertz CT molecular complexity index is 936. The van der Waals surface area contributed by atoms with E-state index in [0.29, 0.717) is 5.69 Å². The zero-order chi connectivity index (χ0) is 23.0. The minimum Gasteiger partial charge on any atom is -0.467 e. The zero-order valence-electron chi connectivity index (χ0n) is 17.6. The molecule has 168 valence electrons. The van der Waals surface area contributed by atoms with Gasteiger partial charge < -0.3 is 25.4 Å². The first kappa shape index (κ1) is 24.4. The summed E-state index contributed by atoms with van der Waals surface area (Å²) in [6, 6.07) is 15.1. The number of esters is 1. The highest BCUT2D eigenvalue weighted by Gasteiger charge is 2.41. The highest BCUT2D eigenvalue weighted by Crippen LogP contribution is 2.53. The predicted octanol–water partition coefficient (Wildman–Crippen LogP) is 3.59. The Hall–Kier alpha value is -2.87. The van der Waals surface area contributed by atoms with Gasteiger partial charge in [0, 0.05) is 5.69 Å². The van der Waals surface area contributed by atoms with E-state index < -0.39 is 37.5 Å². The number of nitrogen functional groups attached to an aromatic ring is 1. The molecule has 2 rings (SSSR count). The summed E-state index contributed by atoms with van der Waals surface area (Å²) in [6.07, 6.45) is -2.40. The molecular weight excluding hydrogens is 423 g/mol. The highest BCUT2D eigenvalue weighted by atomic mass is 31.2. The number of hydrogen-bond acceptors (Lipinski definition) is 7. The van der Waals surface area contributed by atoms with Gasteiger partial charge in [0.1, 0.15) is 12.4 Å². The second-order valence-electron chi connectivity index (χ2n) is 7.14. The predicted molar refractivity (Wildman–Crippen MR) is 115 cm³/mol. The van der Waals surface area contributed by atoms with Crippen LogP contribution in [0.15, 0.2) is 54.6 Å². The largest absolute Gasteiger partial charge is 0.467 e. The summed E-state index contributed by atoms with van der Waals surface area (Å²) >= 11 is 0. The van der Waals surface area contributed by atoms with Crippen molar-refractivity contribution in [1.82, 2.24) is 5.32 Å². The average molecular weight is 450 g/mol. The van der Waals surface area contributed by atoms with E-state index >= 15 is 0 Å². The van der Waals surface area contributed by atoms with Gasteiger partial charge in [-0.2, -0.15) is 0 Å². The maximum atomic E-state index is 13.1. The number of nitrogens with two attached hydrogens (primary N) is 1. The van der Waals surface area contributed by atoms with E-state index in [1.54, 1.807) is 50.2 Å². The number of rotatable bonds is 9. The van der Waals surface area contributed by atoms with Gasteiger partial charge in [-0.25, -0.2) is 9.59 Å². The molecule has 0 radical (unpaired) electrons. The fraction of sp³-hybridized carbons (Fsp3) is 0.333. The molecule has 4 N–H and O–H groups in total. The number of hydrogen-bond donors (Lipinski definition) is 3. The van der Waals surface area contributed by atoms with Gasteiger partial charge in [0.2, 0.25) is 0 Å². The van der Waals surface area contributed by atoms with Crippen molar-refractivity contribution in [3.05, 3.63) is 65.7 Å². The zero-order valence-corrected chi connectivity index (χ0v) is 18.5. The van der Waals surface area contributed by atoms with Crippen LogP contribution in [0.5, 0.6) is 0 Å². The number of benzene rings is 2. The van der Waals surface area contributed by atoms with Crippen LogP contribution >= 0.6 is 7.60 Å². The van der Waals surface area contributed by atoms with Crippen LogP contribution in [0, 0.1) is 5.92 Å². The molecule has 3 atom stereocenters. The van der Waals surface area contributed by atoms with Gasteiger partial charge in [0.25, 0.3) is 0 Å². The Labute approximate surface area is 181 Å². The molecule has 0 bridgehead atoms. The van der Waals surface area contributed by atoms with Crippen molar-refractivity contribution in [3.63, 3.8) is 0 Å². The van der Waals surface area contributed by atoms with Crippen LogP contribution in [0.4, 0.5) is 10.5 Å². The molecule has 2 aromatic carbocycles. The Morgan fingerprint density at radius 3 is 2.39 bits per heavy atom. The maximum Gasteiger partial charge on any atom is 0.408 e. The molecule has 0 aliphatic rings. The van der Waals surface area contributed by atoms with Gasteiger partial charge in [-0.15, -0.1) is 0 Å². The van der Waals surface area contributed by atoms with E-state index in [1.807, 2.05) is 6.07 Å². The van der Waals surface area contributed by atoms with E-state index in [2.05, 4.69) is 5.32 Å². The van der Waals surface area contributed by atoms with Crippen LogP contribution in [0.1, 0.15) is 31.1 Å². The van der Waals surface area contributed by atoms with Gasteiger partial charge in [0.15, 0.2) is 6.10 Å². The molecule has 31 heavy (non-hydrogen) atoms. The van der Waals surface area contributed by atoms with Crippen molar-refractivity contribution in [2.24, 2.45) is 5.92 Å². The van der Waals surface area contributed by atoms with Crippen LogP contribution in [0.25, 0.3) is 0 Å². The molecule has 0 saturated heterocycles. The monoisotopic (exact) mass is 450 g/mol. The molecule has 3 unspecified atom stereocenters. The number of methoxy groups -OCH3 is 1. The molecule has 0 aromatic heterocycles. The standard InChI is InChI=1S/C21H27N2O7P/c1-14(2)19(23-21(25)29-13-15-8-5-4-6-9-15)31(26,27)30-18(20(24)28-3)16-10-7-11-17(22)12-16/h4-12,14,18-19H,13,22H2,1-3H3,(H,23,25)(H,26,27). The van der Waals surface area contributed by atoms with Gasteiger partial charge in [-0.3, -0.25) is 9.09 Å². The number of carbonyl (C=O) groups excluding carboxylic acids is 2. The summed E-state index contributed by atoms with van der Waals surface area (Å²) in [4.78, 5) is 35.1. The lowest BCUT2D eigenvalue weighted by molar-refractivity contribution is -0.149. The van der Waals surface area contributed by atoms with Crippen LogP contribution < -0.4 is 11.1 Å². The van der Waals surface area contributed by atoms with Gasteiger partial charge in [-0.05, 0) is 29.2 Å². The maximum absolute atomic E-state index is 13.1. The van der Waals surface area contributed by atoms with Crippen LogP contribution in [0.3, 0.4) is 0 Å². The Balaban J connectivity index is 2.16. The van der Waals surface area contributed by atoms with Gasteiger partial charge in [-0.1, -0.05) is 56.3 Å². The molecule has 0 heterocycles. The molecular formula is C21H27N2O7P. The molecule has 0 spiro atoms. The molecule has 9 nitrogen and oxygen atoms in total. The lowest BCUT2D eigenvalue weighted by atomic mass is 10.1. The van der Waals surface area contributed by atoms with Crippen molar-refractivity contribution >= 4 is 25.3 Å². The van der Waals surface area contributed by atoms with E-state index in [-0.39, 0.29) is 12.2 Å². The molecule has 0 saturated carbocycles. The van der Waals surface area contributed by atoms with Crippen LogP contribution in [-0.2, 0) is 30.0 Å². The quantitative estimate of drug-likeness (QED) is 0.299. The summed E-state index contributed by atoms with van der Waals surface area (Å²) in [6.45, 7) is 3.24. The fourth-order valence-corrected chi connectivity index (χ4v) is 4.46. The second kappa shape index (κ2) is 10.9. The van der Waals surface area contributed by atoms with E-state index in [4.69, 9.17) is 19.7 Å². The van der Waals surface area contributed by atoms with E-state index in [1.165, 1.54) is 12.1 Å². The molecule has 1 amide bonds. The molecule has 2 aromatic rings. The average Bonchev–Trinajstić information content (AvgIpc) is 2.74. The SMILES string of the molecule is COC(=O)C(OP(=O)(O)C(NC(=O)OCc1ccccc1)C(C)C)c1cccc(N)c1. The van der Waals surface area contributed by atoms with Crippen molar-refractivity contribution in [2.75, 3.05) is 12.8 Å². The number of amides is 1. The minimum absolute atomic E-state index is 0.0118. The van der Waals surface area contributed by atoms with E-state index in [0.717, 1.165) is 12.7 Å². The number of carbonyl (C=O) groups is 2. The highest BCUT2D eigenvalue weighted by molar-refractivity contribution is 7.53. The second-order valence-corrected chi connectivity index (χ2v) is 9.03. The third kappa shape index (κ3) is 7.10.